The summed E-state index contributed by atoms with van der Waals surface area (Å²) in [7, 11) is 0. The van der Waals surface area contributed by atoms with Crippen LogP contribution in [0.2, 0.25) is 0 Å². The average Bonchev–Trinajstić information content (AvgIpc) is 2.31. The minimum absolute atomic E-state index is 1.24. The van der Waals surface area contributed by atoms with Crippen molar-refractivity contribution in [2.75, 3.05) is 0 Å². The van der Waals surface area contributed by atoms with Gasteiger partial charge in [0.15, 0.2) is 0 Å². The molecule has 0 nitrogen and oxygen atoms in total. The molecule has 0 amide bonds. The fourth-order valence-electron chi connectivity index (χ4n) is 0.538. The van der Waals surface area contributed by atoms with Gasteiger partial charge in [-0.3, -0.25) is 0 Å². The molecule has 0 bridgehead atoms. The van der Waals surface area contributed by atoms with Crippen LogP contribution in [-0.4, -0.2) is 0 Å². The second kappa shape index (κ2) is 11.9. The number of hydrogen-bond acceptors (Lipinski definition) is 0. The van der Waals surface area contributed by atoms with Gasteiger partial charge in [0.2, 0.25) is 0 Å². The standard InChI is InChI=1S/C10H6I6/c11-5-7(13)1-3-9(15)10(16)4-2-8(14)6-12/h1-6H/b3-1+,4-2+,7-5-,8-6-,10-9+. The Morgan fingerprint density at radius 1 is 0.562 bits per heavy atom. The summed E-state index contributed by atoms with van der Waals surface area (Å²) < 4.78 is 9.09. The number of allylic oxidation sites excluding steroid dienone is 8. The molecule has 0 heterocycles. The molecule has 0 aliphatic heterocycles. The molecule has 0 aromatic heterocycles. The molecular weight excluding hydrogens is 882 g/mol. The minimum atomic E-state index is 1.24. The lowest BCUT2D eigenvalue weighted by molar-refractivity contribution is 1.83. The van der Waals surface area contributed by atoms with Crippen LogP contribution in [0.15, 0.2) is 46.8 Å². The molecule has 0 rings (SSSR count). The highest BCUT2D eigenvalue weighted by atomic mass is 127. The number of halogens is 6. The molecule has 0 unspecified atom stereocenters. The molecule has 0 aliphatic rings. The van der Waals surface area contributed by atoms with Crippen molar-refractivity contribution in [1.82, 2.24) is 0 Å². The predicted octanol–water partition coefficient (Wildman–Crippen LogP) is 7.60. The zero-order chi connectivity index (χ0) is 12.6. The van der Waals surface area contributed by atoms with Gasteiger partial charge in [-0.05, 0) is 123 Å². The Hall–Kier alpha value is 3.08. The van der Waals surface area contributed by atoms with Gasteiger partial charge < -0.3 is 0 Å². The van der Waals surface area contributed by atoms with Crippen LogP contribution < -0.4 is 0 Å². The summed E-state index contributed by atoms with van der Waals surface area (Å²) >= 11 is 13.8. The van der Waals surface area contributed by atoms with Crippen LogP contribution >= 0.6 is 136 Å². The van der Waals surface area contributed by atoms with Gasteiger partial charge in [-0.2, -0.15) is 0 Å². The van der Waals surface area contributed by atoms with E-state index in [4.69, 9.17) is 0 Å². The van der Waals surface area contributed by atoms with Crippen molar-refractivity contribution in [3.8, 4) is 0 Å². The van der Waals surface area contributed by atoms with Crippen LogP contribution in [0.4, 0.5) is 0 Å². The van der Waals surface area contributed by atoms with Gasteiger partial charge in [0, 0.05) is 14.3 Å². The molecule has 0 atom stereocenters. The van der Waals surface area contributed by atoms with Crippen LogP contribution in [0.3, 0.4) is 0 Å². The Balaban J connectivity index is 4.72. The fourth-order valence-corrected chi connectivity index (χ4v) is 2.03. The summed E-state index contributed by atoms with van der Waals surface area (Å²) in [6.45, 7) is 0. The molecule has 16 heavy (non-hydrogen) atoms. The van der Waals surface area contributed by atoms with E-state index in [1.807, 2.05) is 0 Å². The van der Waals surface area contributed by atoms with Crippen LogP contribution in [0, 0.1) is 0 Å². The van der Waals surface area contributed by atoms with Gasteiger partial charge in [-0.1, -0.05) is 45.2 Å². The zero-order valence-electron chi connectivity index (χ0n) is 7.73. The molecule has 0 saturated carbocycles. The maximum absolute atomic E-state index is 2.35. The molecule has 0 aromatic carbocycles. The molecule has 0 saturated heterocycles. The molecule has 0 aromatic rings. The Bertz CT molecular complexity index is 337. The summed E-state index contributed by atoms with van der Waals surface area (Å²) in [5, 5.41) is 0. The largest absolute Gasteiger partial charge is 0.0518 e. The second-order valence-corrected chi connectivity index (χ2v) is 8.41. The zero-order valence-corrected chi connectivity index (χ0v) is 20.7. The first kappa shape index (κ1) is 19.1. The van der Waals surface area contributed by atoms with Crippen LogP contribution in [0.1, 0.15) is 0 Å². The van der Waals surface area contributed by atoms with E-state index in [2.05, 4.69) is 168 Å². The molecule has 0 radical (unpaired) electrons. The first-order valence-corrected chi connectivity index (χ1v) is 10.6. The smallest absolute Gasteiger partial charge is 0.0264 e. The lowest BCUT2D eigenvalue weighted by Gasteiger charge is -1.94. The first-order valence-electron chi connectivity index (χ1n) is 3.84. The summed E-state index contributed by atoms with van der Waals surface area (Å²) in [6, 6.07) is 0. The maximum atomic E-state index is 2.35. The lowest BCUT2D eigenvalue weighted by atomic mass is 10.4. The van der Waals surface area contributed by atoms with Gasteiger partial charge in [-0.25, -0.2) is 0 Å². The summed E-state index contributed by atoms with van der Waals surface area (Å²) in [4.78, 5) is 0. The highest BCUT2D eigenvalue weighted by Crippen LogP contribution is 2.24. The highest BCUT2D eigenvalue weighted by Gasteiger charge is 1.93. The third-order valence-electron chi connectivity index (χ3n) is 1.21. The number of hydrogen-bond donors (Lipinski definition) is 0. The highest BCUT2D eigenvalue weighted by molar-refractivity contribution is 14.1. The topological polar surface area (TPSA) is 0 Å². The van der Waals surface area contributed by atoms with Gasteiger partial charge in [0.25, 0.3) is 0 Å². The van der Waals surface area contributed by atoms with E-state index < -0.39 is 0 Å². The maximum Gasteiger partial charge on any atom is 0.0264 e. The molecule has 0 spiro atoms. The fraction of sp³-hybridized carbons (Fsp3) is 0. The lowest BCUT2D eigenvalue weighted by Crippen LogP contribution is -1.69. The Labute approximate surface area is 178 Å². The van der Waals surface area contributed by atoms with E-state index in [1.54, 1.807) is 0 Å². The van der Waals surface area contributed by atoms with Gasteiger partial charge >= 0.3 is 0 Å². The van der Waals surface area contributed by atoms with Crippen molar-refractivity contribution in [2.24, 2.45) is 0 Å². The van der Waals surface area contributed by atoms with Crippen molar-refractivity contribution in [3.63, 3.8) is 0 Å². The summed E-state index contributed by atoms with van der Waals surface area (Å²) in [5.41, 5.74) is 0. The van der Waals surface area contributed by atoms with E-state index in [9.17, 15) is 0 Å². The van der Waals surface area contributed by atoms with Crippen molar-refractivity contribution in [1.29, 1.82) is 0 Å². The van der Waals surface area contributed by atoms with E-state index in [0.717, 1.165) is 0 Å². The van der Waals surface area contributed by atoms with Crippen molar-refractivity contribution in [3.05, 3.63) is 46.8 Å². The van der Waals surface area contributed by atoms with Crippen molar-refractivity contribution >= 4 is 136 Å². The SMILES string of the molecule is I/C=C(I)/C=C/C(I)=C(I)/C=C/C(I)=C/I. The third kappa shape index (κ3) is 9.94. The van der Waals surface area contributed by atoms with E-state index in [-0.39, 0.29) is 0 Å². The van der Waals surface area contributed by atoms with Crippen molar-refractivity contribution < 1.29 is 0 Å². The number of rotatable bonds is 4. The molecule has 0 aliphatic carbocycles. The molecular formula is C10H6I6. The Kier molecular flexibility index (Phi) is 14.2. The summed E-state index contributed by atoms with van der Waals surface area (Å²) in [5.74, 6) is 0. The predicted molar refractivity (Wildman–Crippen MR) is 126 cm³/mol. The van der Waals surface area contributed by atoms with Crippen LogP contribution in [0.25, 0.3) is 0 Å². The molecule has 88 valence electrons. The van der Waals surface area contributed by atoms with E-state index in [0.29, 0.717) is 0 Å². The van der Waals surface area contributed by atoms with Crippen LogP contribution in [0.5, 0.6) is 0 Å². The monoisotopic (exact) mass is 887 g/mol. The van der Waals surface area contributed by atoms with Gasteiger partial charge in [0.1, 0.15) is 0 Å². The van der Waals surface area contributed by atoms with Crippen molar-refractivity contribution in [2.45, 2.75) is 0 Å². The Morgan fingerprint density at radius 2 is 0.875 bits per heavy atom. The molecule has 6 heteroatoms. The van der Waals surface area contributed by atoms with E-state index >= 15 is 0 Å². The summed E-state index contributed by atoms with van der Waals surface area (Å²) in [6.07, 6.45) is 8.48. The minimum Gasteiger partial charge on any atom is -0.0518 e. The molecule has 0 N–H and O–H groups in total. The van der Waals surface area contributed by atoms with Crippen LogP contribution in [-0.2, 0) is 0 Å². The quantitative estimate of drug-likeness (QED) is 0.202. The molecule has 0 fully saturated rings. The third-order valence-corrected chi connectivity index (χ3v) is 9.20. The first-order chi connectivity index (χ1) is 7.51. The average molecular weight is 888 g/mol. The normalized spacial score (nSPS) is 16.1. The Morgan fingerprint density at radius 3 is 1.12 bits per heavy atom. The van der Waals surface area contributed by atoms with E-state index in [1.165, 1.54) is 14.3 Å². The van der Waals surface area contributed by atoms with Gasteiger partial charge in [-0.15, -0.1) is 0 Å². The van der Waals surface area contributed by atoms with Gasteiger partial charge in [0.05, 0.1) is 0 Å². The second-order valence-electron chi connectivity index (χ2n) is 2.35.